The molecule has 0 radical (unpaired) electrons. The third kappa shape index (κ3) is 26.7. The summed E-state index contributed by atoms with van der Waals surface area (Å²) in [6.07, 6.45) is 0. The van der Waals surface area contributed by atoms with Crippen molar-refractivity contribution in [2.45, 2.75) is 157 Å². The Bertz CT molecular complexity index is 841. The quantitative estimate of drug-likeness (QED) is 0.0917. The molecule has 296 valence electrons. The molecule has 12 nitrogen and oxygen atoms in total. The molecule has 0 fully saturated rings. The molecule has 0 aliphatic heterocycles. The second kappa shape index (κ2) is 19.0. The highest BCUT2D eigenvalue weighted by molar-refractivity contribution is 6.89. The van der Waals surface area contributed by atoms with Gasteiger partial charge in [0.25, 0.3) is 0 Å². The molecular weight excluding hydrogens is 845 g/mol. The van der Waals surface area contributed by atoms with Crippen molar-refractivity contribution in [2.75, 3.05) is 0 Å². The van der Waals surface area contributed by atoms with Crippen LogP contribution in [0, 0.1) is 0 Å². The van der Waals surface area contributed by atoms with Crippen molar-refractivity contribution in [1.82, 2.24) is 0 Å². The van der Waals surface area contributed by atoms with E-state index in [1.807, 2.05) is 26.2 Å². The fourth-order valence-electron chi connectivity index (χ4n) is 5.72. The number of hydrogen-bond donors (Lipinski definition) is 0. The summed E-state index contributed by atoms with van der Waals surface area (Å²) < 4.78 is 80.5. The number of rotatable bonds is 24. The average molecular weight is 922 g/mol. The highest BCUT2D eigenvalue weighted by atomic mass is 28.6. The topological polar surface area (TPSA) is 111 Å². The van der Waals surface area contributed by atoms with Crippen LogP contribution in [0.1, 0.15) is 0 Å². The first-order valence-corrected chi connectivity index (χ1v) is 52.4. The average Bonchev–Trinajstić information content (AvgIpc) is 2.62. The monoisotopic (exact) mass is 920 g/mol. The van der Waals surface area contributed by atoms with Crippen molar-refractivity contribution in [3.05, 3.63) is 0 Å². The van der Waals surface area contributed by atoms with Gasteiger partial charge >= 0.3 is 80.4 Å². The van der Waals surface area contributed by atoms with Crippen LogP contribution in [0.5, 0.6) is 0 Å². The van der Waals surface area contributed by atoms with Gasteiger partial charge in [-0.3, -0.25) is 0 Å². The Morgan fingerprint density at radius 3 is 0.510 bits per heavy atom. The minimum atomic E-state index is -4.02. The summed E-state index contributed by atoms with van der Waals surface area (Å²) in [6.45, 7) is 50.5. The Morgan fingerprint density at radius 2 is 0.388 bits per heavy atom. The molecule has 0 aromatic heterocycles. The molecule has 0 N–H and O–H groups in total. The van der Waals surface area contributed by atoms with E-state index in [0.29, 0.717) is 0 Å². The maximum absolute atomic E-state index is 6.92. The zero-order chi connectivity index (χ0) is 39.3. The van der Waals surface area contributed by atoms with Gasteiger partial charge in [-0.1, -0.05) is 0 Å². The van der Waals surface area contributed by atoms with Crippen molar-refractivity contribution in [3.63, 3.8) is 0 Å². The van der Waals surface area contributed by atoms with Gasteiger partial charge in [0.2, 0.25) is 0 Å². The first-order chi connectivity index (χ1) is 21.2. The first-order valence-electron chi connectivity index (χ1n) is 17.5. The van der Waals surface area contributed by atoms with Crippen LogP contribution in [0.4, 0.5) is 0 Å². The minimum Gasteiger partial charge on any atom is -0.437 e. The fraction of sp³-hybridized carbons (Fsp3) is 1.00. The molecular formula is C24H76O12Si13. The Morgan fingerprint density at radius 1 is 0.245 bits per heavy atom. The van der Waals surface area contributed by atoms with Gasteiger partial charge < -0.3 is 49.4 Å². The van der Waals surface area contributed by atoms with E-state index in [9.17, 15) is 0 Å². The predicted molar refractivity (Wildman–Crippen MR) is 234 cm³/mol. The Labute approximate surface area is 318 Å². The van der Waals surface area contributed by atoms with E-state index in [1.165, 1.54) is 0 Å². The molecule has 25 heteroatoms. The summed E-state index contributed by atoms with van der Waals surface area (Å²) in [5.41, 5.74) is 0. The zero-order valence-electron chi connectivity index (χ0n) is 35.7. The van der Waals surface area contributed by atoms with Gasteiger partial charge in [0, 0.05) is 0 Å². The maximum Gasteiger partial charge on any atom is 0.642 e. The second-order valence-electron chi connectivity index (χ2n) is 18.2. The van der Waals surface area contributed by atoms with Crippen LogP contribution in [0.2, 0.25) is 157 Å². The summed E-state index contributed by atoms with van der Waals surface area (Å²) >= 11 is 0. The summed E-state index contributed by atoms with van der Waals surface area (Å²) in [6, 6.07) is 0. The third-order valence-corrected chi connectivity index (χ3v) is 47.2. The summed E-state index contributed by atoms with van der Waals surface area (Å²) in [5, 5.41) is 0. The smallest absolute Gasteiger partial charge is 0.437 e. The summed E-state index contributed by atoms with van der Waals surface area (Å²) in [4.78, 5) is 0. The SMILES string of the molecule is C[SiH](O[Si](C)(C)O[Si](C)(C)C)O[Si](O[SiH](C)O[Si](C)(C)O[Si](C)(C)C)(O[SiH](C)O[Si](C)(C)O[Si](C)(C)C)O[SiH](C)O[Si](C)(C)O[Si](C)(C)C. The summed E-state index contributed by atoms with van der Waals surface area (Å²) in [7, 11) is -31.6. The number of hydrogen-bond acceptors (Lipinski definition) is 12. The Hall–Kier alpha value is 2.34. The molecule has 0 saturated heterocycles. The van der Waals surface area contributed by atoms with Crippen LogP contribution in [0.3, 0.4) is 0 Å². The van der Waals surface area contributed by atoms with Crippen molar-refractivity contribution in [2.24, 2.45) is 0 Å². The molecule has 0 amide bonds. The van der Waals surface area contributed by atoms with Gasteiger partial charge in [-0.05, 0) is 157 Å². The van der Waals surface area contributed by atoms with Crippen LogP contribution in [0.25, 0.3) is 0 Å². The Balaban J connectivity index is 6.90. The van der Waals surface area contributed by atoms with Crippen molar-refractivity contribution in [3.8, 4) is 0 Å². The molecule has 0 heterocycles. The molecule has 49 heavy (non-hydrogen) atoms. The maximum atomic E-state index is 6.92. The molecule has 0 aliphatic carbocycles. The van der Waals surface area contributed by atoms with E-state index in [4.69, 9.17) is 49.4 Å². The first kappa shape index (κ1) is 51.3. The van der Waals surface area contributed by atoms with Crippen LogP contribution in [-0.4, -0.2) is 114 Å². The molecule has 4 unspecified atom stereocenters. The molecule has 0 aromatic rings. The van der Waals surface area contributed by atoms with Crippen LogP contribution < -0.4 is 0 Å². The van der Waals surface area contributed by atoms with Crippen molar-refractivity contribution in [1.29, 1.82) is 0 Å². The lowest BCUT2D eigenvalue weighted by Gasteiger charge is -2.41. The van der Waals surface area contributed by atoms with Gasteiger partial charge in [-0.2, -0.15) is 0 Å². The van der Waals surface area contributed by atoms with Gasteiger partial charge in [-0.15, -0.1) is 0 Å². The van der Waals surface area contributed by atoms with E-state index in [2.05, 4.69) is 131 Å². The van der Waals surface area contributed by atoms with Crippen LogP contribution in [-0.2, 0) is 49.4 Å². The molecule has 0 bridgehead atoms. The van der Waals surface area contributed by atoms with Gasteiger partial charge in [0.15, 0.2) is 33.3 Å². The molecule has 0 saturated carbocycles. The van der Waals surface area contributed by atoms with Crippen molar-refractivity contribution >= 4 is 114 Å². The second-order valence-corrected chi connectivity index (χ2v) is 62.6. The van der Waals surface area contributed by atoms with E-state index in [-0.39, 0.29) is 0 Å². The van der Waals surface area contributed by atoms with Crippen LogP contribution >= 0.6 is 0 Å². The van der Waals surface area contributed by atoms with E-state index < -0.39 is 114 Å². The third-order valence-electron chi connectivity index (χ3n) is 5.25. The molecule has 0 aromatic carbocycles. The molecule has 0 spiro atoms. The van der Waals surface area contributed by atoms with Gasteiger partial charge in [0.05, 0.1) is 0 Å². The summed E-state index contributed by atoms with van der Waals surface area (Å²) in [5.74, 6) is 0. The van der Waals surface area contributed by atoms with E-state index >= 15 is 0 Å². The normalized spacial score (nSPS) is 18.6. The lowest BCUT2D eigenvalue weighted by Crippen LogP contribution is -2.63. The van der Waals surface area contributed by atoms with E-state index in [0.717, 1.165) is 0 Å². The Kier molecular flexibility index (Phi) is 19.9. The van der Waals surface area contributed by atoms with Gasteiger partial charge in [-0.25, -0.2) is 0 Å². The lowest BCUT2D eigenvalue weighted by molar-refractivity contribution is 0.117. The van der Waals surface area contributed by atoms with E-state index in [1.54, 1.807) is 0 Å². The fourth-order valence-corrected chi connectivity index (χ4v) is 57.9. The molecule has 4 atom stereocenters. The zero-order valence-corrected chi connectivity index (χ0v) is 49.3. The predicted octanol–water partition coefficient (Wildman–Crippen LogP) is 7.17. The highest BCUT2D eigenvalue weighted by Gasteiger charge is 2.54. The highest BCUT2D eigenvalue weighted by Crippen LogP contribution is 2.27. The molecule has 0 rings (SSSR count). The van der Waals surface area contributed by atoms with Crippen LogP contribution in [0.15, 0.2) is 0 Å². The van der Waals surface area contributed by atoms with Gasteiger partial charge in [0.1, 0.15) is 0 Å². The minimum absolute atomic E-state index is 1.87. The largest absolute Gasteiger partial charge is 0.642 e. The lowest BCUT2D eigenvalue weighted by atomic mass is 11.8. The molecule has 0 aliphatic rings. The standard InChI is InChI=1S/C24H76O12Si13/c1-37(25-45(17,18)33-41(5,6)7)29-49(30-38(2)26-46(19,20)34-42(8,9)10,31-39(3)27-47(21,22)35-43(11,12)13)32-40(4)28-48(23,24)36-44(14,15)16/h37-40H,1-24H3. The van der Waals surface area contributed by atoms with Crippen molar-refractivity contribution < 1.29 is 49.4 Å².